The number of sulfone groups is 1. The minimum absolute atomic E-state index is 0.133. The molecule has 0 saturated carbocycles. The summed E-state index contributed by atoms with van der Waals surface area (Å²) in [6, 6.07) is 16.6. The van der Waals surface area contributed by atoms with Crippen LogP contribution in [0.25, 0.3) is 11.1 Å². The molecule has 2 amide bonds. The summed E-state index contributed by atoms with van der Waals surface area (Å²) < 4.78 is 26.4. The largest absolute Gasteiger partial charge is 0.321 e. The Morgan fingerprint density at radius 1 is 0.677 bits per heavy atom. The highest BCUT2D eigenvalue weighted by Crippen LogP contribution is 2.45. The Bertz CT molecular complexity index is 1320. The van der Waals surface area contributed by atoms with E-state index in [1.807, 2.05) is 0 Å². The van der Waals surface area contributed by atoms with Crippen LogP contribution >= 0.6 is 22.7 Å². The number of hydrogen-bond acceptors (Lipinski definition) is 6. The van der Waals surface area contributed by atoms with Gasteiger partial charge in [0, 0.05) is 22.5 Å². The van der Waals surface area contributed by atoms with Crippen LogP contribution < -0.4 is 10.6 Å². The Morgan fingerprint density at radius 2 is 1.13 bits per heavy atom. The van der Waals surface area contributed by atoms with E-state index in [9.17, 15) is 18.0 Å². The molecule has 4 aromatic rings. The Kier molecular flexibility index (Phi) is 4.73. The molecule has 0 radical (unpaired) electrons. The van der Waals surface area contributed by atoms with Crippen molar-refractivity contribution in [3.8, 4) is 11.1 Å². The first kappa shape index (κ1) is 19.7. The third kappa shape index (κ3) is 3.46. The Labute approximate surface area is 186 Å². The van der Waals surface area contributed by atoms with Gasteiger partial charge in [0.05, 0.1) is 19.5 Å². The number of rotatable bonds is 4. The van der Waals surface area contributed by atoms with Crippen molar-refractivity contribution < 1.29 is 18.0 Å². The quantitative estimate of drug-likeness (QED) is 0.384. The number of carbonyl (C=O) groups excluding carboxylic acids is 2. The Hall–Kier alpha value is -3.27. The molecule has 1 aliphatic rings. The fourth-order valence-corrected chi connectivity index (χ4v) is 6.38. The number of amides is 2. The zero-order chi connectivity index (χ0) is 21.6. The molecule has 2 aromatic carbocycles. The van der Waals surface area contributed by atoms with E-state index in [0.717, 1.165) is 0 Å². The normalized spacial score (nSPS) is 13.3. The summed E-state index contributed by atoms with van der Waals surface area (Å²) in [5, 5.41) is 9.08. The van der Waals surface area contributed by atoms with Gasteiger partial charge in [-0.2, -0.15) is 0 Å². The van der Waals surface area contributed by atoms with E-state index in [1.54, 1.807) is 59.3 Å². The number of benzene rings is 2. The maximum Gasteiger partial charge on any atom is 0.265 e. The summed E-state index contributed by atoms with van der Waals surface area (Å²) in [7, 11) is -3.79. The van der Waals surface area contributed by atoms with Crippen LogP contribution in [0.15, 0.2) is 81.2 Å². The van der Waals surface area contributed by atoms with E-state index in [1.165, 1.54) is 34.8 Å². The number of hydrogen-bond donors (Lipinski definition) is 2. The van der Waals surface area contributed by atoms with Gasteiger partial charge in [-0.1, -0.05) is 24.3 Å². The number of fused-ring (bicyclic) bond motifs is 3. The minimum atomic E-state index is -3.79. The molecule has 3 heterocycles. The molecular weight excluding hydrogens is 452 g/mol. The molecule has 1 aliphatic heterocycles. The smallest absolute Gasteiger partial charge is 0.265 e. The highest BCUT2D eigenvalue weighted by molar-refractivity contribution is 7.92. The highest BCUT2D eigenvalue weighted by Gasteiger charge is 2.33. The fourth-order valence-electron chi connectivity index (χ4n) is 3.41. The fraction of sp³-hybridized carbons (Fsp3) is 0. The van der Waals surface area contributed by atoms with Crippen LogP contribution in [0, 0.1) is 0 Å². The average molecular weight is 467 g/mol. The molecule has 6 nitrogen and oxygen atoms in total. The van der Waals surface area contributed by atoms with Gasteiger partial charge in [0.2, 0.25) is 9.84 Å². The van der Waals surface area contributed by atoms with E-state index in [4.69, 9.17) is 0 Å². The highest BCUT2D eigenvalue weighted by atomic mass is 32.2. The lowest BCUT2D eigenvalue weighted by atomic mass is 10.0. The zero-order valence-corrected chi connectivity index (χ0v) is 18.2. The summed E-state index contributed by atoms with van der Waals surface area (Å²) in [5.41, 5.74) is 1.94. The van der Waals surface area contributed by atoms with Crippen LogP contribution in [0.5, 0.6) is 0 Å². The van der Waals surface area contributed by atoms with E-state index < -0.39 is 9.84 Å². The van der Waals surface area contributed by atoms with Crippen LogP contribution in [0.4, 0.5) is 11.4 Å². The first-order valence-electron chi connectivity index (χ1n) is 9.17. The first-order chi connectivity index (χ1) is 14.9. The molecule has 0 fully saturated rings. The lowest BCUT2D eigenvalue weighted by molar-refractivity contribution is 0.102. The number of thiophene rings is 2. The van der Waals surface area contributed by atoms with Crippen LogP contribution in [0.2, 0.25) is 0 Å². The third-order valence-corrected chi connectivity index (χ3v) is 8.41. The van der Waals surface area contributed by atoms with Crippen LogP contribution in [-0.2, 0) is 9.84 Å². The van der Waals surface area contributed by atoms with Crippen molar-refractivity contribution in [3.05, 3.63) is 81.2 Å². The minimum Gasteiger partial charge on any atom is -0.321 e. The van der Waals surface area contributed by atoms with E-state index >= 15 is 0 Å². The molecule has 5 rings (SSSR count). The van der Waals surface area contributed by atoms with E-state index in [-0.39, 0.29) is 21.6 Å². The second-order valence-corrected chi connectivity index (χ2v) is 10.6. The van der Waals surface area contributed by atoms with Gasteiger partial charge in [-0.15, -0.1) is 22.7 Å². The maximum absolute atomic E-state index is 13.2. The molecule has 0 spiro atoms. The molecule has 0 aliphatic carbocycles. The summed E-state index contributed by atoms with van der Waals surface area (Å²) >= 11 is 2.61. The molecular formula is C22H14N2O4S3. The van der Waals surface area contributed by atoms with Crippen molar-refractivity contribution in [2.45, 2.75) is 9.79 Å². The zero-order valence-electron chi connectivity index (χ0n) is 15.8. The van der Waals surface area contributed by atoms with Crippen molar-refractivity contribution in [2.24, 2.45) is 0 Å². The number of carbonyl (C=O) groups is 2. The SMILES string of the molecule is O=C(Nc1ccc2c(c1)S(=O)(=O)c1cc(NC(=O)c3cccs3)ccc1-2)c1cccs1. The van der Waals surface area contributed by atoms with Crippen molar-refractivity contribution in [1.29, 1.82) is 0 Å². The molecule has 2 N–H and O–H groups in total. The van der Waals surface area contributed by atoms with E-state index in [0.29, 0.717) is 32.3 Å². The van der Waals surface area contributed by atoms with Gasteiger partial charge in [-0.3, -0.25) is 9.59 Å². The molecule has 154 valence electrons. The monoisotopic (exact) mass is 466 g/mol. The maximum atomic E-state index is 13.2. The number of anilines is 2. The van der Waals surface area contributed by atoms with Gasteiger partial charge in [-0.05, 0) is 47.2 Å². The van der Waals surface area contributed by atoms with Crippen LogP contribution in [0.3, 0.4) is 0 Å². The van der Waals surface area contributed by atoms with Crippen molar-refractivity contribution in [3.63, 3.8) is 0 Å². The number of nitrogens with one attached hydrogen (secondary N) is 2. The lowest BCUT2D eigenvalue weighted by Gasteiger charge is -2.06. The molecule has 9 heteroatoms. The van der Waals surface area contributed by atoms with Crippen molar-refractivity contribution in [1.82, 2.24) is 0 Å². The second-order valence-electron chi connectivity index (χ2n) is 6.79. The Balaban J connectivity index is 1.46. The third-order valence-electron chi connectivity index (χ3n) is 4.84. The molecule has 0 bridgehead atoms. The van der Waals surface area contributed by atoms with Gasteiger partial charge in [0.1, 0.15) is 0 Å². The summed E-state index contributed by atoms with van der Waals surface area (Å²) in [6.07, 6.45) is 0. The van der Waals surface area contributed by atoms with Gasteiger partial charge < -0.3 is 10.6 Å². The standard InChI is InChI=1S/C22H14N2O4S3/c25-21(17-3-1-9-29-17)23-13-5-7-15-16-8-6-14(24-22(26)18-4-2-10-30-18)12-20(16)31(27,28)19(15)11-13/h1-12H,(H,23,25)(H,24,26). The predicted octanol–water partition coefficient (Wildman–Crippen LogP) is 5.13. The van der Waals surface area contributed by atoms with Crippen molar-refractivity contribution >= 4 is 55.7 Å². The first-order valence-corrected chi connectivity index (χ1v) is 12.4. The molecule has 0 unspecified atom stereocenters. The molecule has 2 aromatic heterocycles. The summed E-state index contributed by atoms with van der Waals surface area (Å²) in [5.74, 6) is -0.581. The predicted molar refractivity (Wildman–Crippen MR) is 122 cm³/mol. The van der Waals surface area contributed by atoms with Gasteiger partial charge >= 0.3 is 0 Å². The average Bonchev–Trinajstić information content (AvgIpc) is 3.50. The summed E-state index contributed by atoms with van der Waals surface area (Å²) in [6.45, 7) is 0. The molecule has 0 atom stereocenters. The lowest BCUT2D eigenvalue weighted by Crippen LogP contribution is -2.11. The van der Waals surface area contributed by atoms with E-state index in [2.05, 4.69) is 10.6 Å². The Morgan fingerprint density at radius 3 is 1.52 bits per heavy atom. The van der Waals surface area contributed by atoms with Gasteiger partial charge in [0.15, 0.2) is 0 Å². The van der Waals surface area contributed by atoms with Crippen LogP contribution in [0.1, 0.15) is 19.3 Å². The van der Waals surface area contributed by atoms with Crippen molar-refractivity contribution in [2.75, 3.05) is 10.6 Å². The molecule has 31 heavy (non-hydrogen) atoms. The van der Waals surface area contributed by atoms with Gasteiger partial charge in [0.25, 0.3) is 11.8 Å². The topological polar surface area (TPSA) is 92.3 Å². The summed E-state index contributed by atoms with van der Waals surface area (Å²) in [4.78, 5) is 26.0. The van der Waals surface area contributed by atoms with Crippen LogP contribution in [-0.4, -0.2) is 20.2 Å². The van der Waals surface area contributed by atoms with Gasteiger partial charge in [-0.25, -0.2) is 8.42 Å². The molecule has 0 saturated heterocycles. The second kappa shape index (κ2) is 7.45.